The highest BCUT2D eigenvalue weighted by molar-refractivity contribution is 7.45. The quantitative estimate of drug-likeness (QED) is 0.0249. The van der Waals surface area contributed by atoms with Crippen molar-refractivity contribution >= 4 is 19.8 Å². The standard InChI is InChI=1S/C42H82NO4.H3O4P/c1-6-8-10-12-14-16-18-20-21-23-25-27-29-31-33-37-42(45)47-40(35-34-38-43(3,4)5)39-46-41(44)36-32-30-28-26-24-22-19-17-15-13-11-9-7-2;1-5(2,3)4/h34,38,40H,6-33,35-37,39H2,1-5H3;(H3,1,2,3,4)/q+1;. The molecule has 0 fully saturated rings. The zero-order chi connectivity index (χ0) is 39.2. The fraction of sp³-hybridized carbons (Fsp3) is 0.905. The lowest BCUT2D eigenvalue weighted by Gasteiger charge is -2.19. The number of quaternary nitrogens is 1. The molecule has 3 N–H and O–H groups in total. The summed E-state index contributed by atoms with van der Waals surface area (Å²) in [5.41, 5.74) is 0. The van der Waals surface area contributed by atoms with Crippen molar-refractivity contribution in [3.05, 3.63) is 12.3 Å². The van der Waals surface area contributed by atoms with E-state index in [-0.39, 0.29) is 18.5 Å². The molecule has 0 rings (SSSR count). The lowest BCUT2D eigenvalue weighted by Crippen LogP contribution is -2.28. The third-order valence-electron chi connectivity index (χ3n) is 9.15. The summed E-state index contributed by atoms with van der Waals surface area (Å²) < 4.78 is 20.9. The molecule has 0 aliphatic heterocycles. The molecule has 9 nitrogen and oxygen atoms in total. The second kappa shape index (κ2) is 38.0. The Morgan fingerprint density at radius 1 is 0.538 bits per heavy atom. The summed E-state index contributed by atoms with van der Waals surface area (Å²) in [5, 5.41) is 0. The Morgan fingerprint density at radius 3 is 1.13 bits per heavy atom. The van der Waals surface area contributed by atoms with E-state index in [1.54, 1.807) is 0 Å². The number of carbonyl (C=O) groups is 2. The zero-order valence-electron chi connectivity index (χ0n) is 34.6. The highest BCUT2D eigenvalue weighted by atomic mass is 31.2. The number of carbonyl (C=O) groups excluding carboxylic acids is 2. The number of hydrogen-bond acceptors (Lipinski definition) is 5. The van der Waals surface area contributed by atoms with Crippen molar-refractivity contribution in [1.29, 1.82) is 0 Å². The van der Waals surface area contributed by atoms with Gasteiger partial charge in [0.05, 0.1) is 27.3 Å². The molecule has 0 spiro atoms. The van der Waals surface area contributed by atoms with E-state index in [9.17, 15) is 9.59 Å². The van der Waals surface area contributed by atoms with Gasteiger partial charge in [-0.3, -0.25) is 9.59 Å². The molecule has 0 radical (unpaired) electrons. The van der Waals surface area contributed by atoms with E-state index in [0.29, 0.717) is 23.7 Å². The van der Waals surface area contributed by atoms with Crippen LogP contribution in [-0.2, 0) is 23.6 Å². The molecule has 0 aliphatic rings. The lowest BCUT2D eigenvalue weighted by atomic mass is 10.0. The van der Waals surface area contributed by atoms with E-state index in [2.05, 4.69) is 41.2 Å². The molecule has 10 heteroatoms. The van der Waals surface area contributed by atoms with E-state index < -0.39 is 13.9 Å². The van der Waals surface area contributed by atoms with Crippen LogP contribution in [0.15, 0.2) is 12.3 Å². The van der Waals surface area contributed by atoms with Gasteiger partial charge in [-0.05, 0) is 18.9 Å². The summed E-state index contributed by atoms with van der Waals surface area (Å²) in [6.07, 6.45) is 41.5. The summed E-state index contributed by atoms with van der Waals surface area (Å²) in [5.74, 6) is -0.344. The van der Waals surface area contributed by atoms with E-state index in [0.717, 1.165) is 25.7 Å². The van der Waals surface area contributed by atoms with Crippen molar-refractivity contribution in [3.63, 3.8) is 0 Å². The molecule has 0 heterocycles. The van der Waals surface area contributed by atoms with Gasteiger partial charge < -0.3 is 28.6 Å². The number of unbranched alkanes of at least 4 members (excludes halogenated alkanes) is 26. The highest BCUT2D eigenvalue weighted by Crippen LogP contribution is 2.26. The molecule has 0 aromatic rings. The van der Waals surface area contributed by atoms with Crippen LogP contribution >= 0.6 is 7.82 Å². The van der Waals surface area contributed by atoms with Crippen LogP contribution in [0.5, 0.6) is 0 Å². The van der Waals surface area contributed by atoms with E-state index in [1.165, 1.54) is 154 Å². The average Bonchev–Trinajstić information content (AvgIpc) is 3.06. The first-order chi connectivity index (χ1) is 24.8. The predicted octanol–water partition coefficient (Wildman–Crippen LogP) is 11.9. The minimum absolute atomic E-state index is 0.142. The minimum atomic E-state index is -4.64. The fourth-order valence-corrected chi connectivity index (χ4v) is 6.11. The fourth-order valence-electron chi connectivity index (χ4n) is 6.11. The van der Waals surface area contributed by atoms with Crippen LogP contribution in [0, 0.1) is 0 Å². The summed E-state index contributed by atoms with van der Waals surface area (Å²) in [4.78, 5) is 46.6. The first-order valence-corrected chi connectivity index (χ1v) is 23.0. The first-order valence-electron chi connectivity index (χ1n) is 21.4. The van der Waals surface area contributed by atoms with Gasteiger partial charge in [0.25, 0.3) is 0 Å². The Balaban J connectivity index is 0. The molecule has 0 aromatic carbocycles. The molecule has 1 unspecified atom stereocenters. The molecule has 0 saturated carbocycles. The monoisotopic (exact) mass is 763 g/mol. The molecule has 1 atom stereocenters. The lowest BCUT2D eigenvalue weighted by molar-refractivity contribution is -0.817. The number of rotatable bonds is 36. The Hall–Kier alpha value is -1.25. The van der Waals surface area contributed by atoms with Crippen LogP contribution in [0.1, 0.15) is 213 Å². The van der Waals surface area contributed by atoms with Gasteiger partial charge in [-0.2, -0.15) is 0 Å². The van der Waals surface area contributed by atoms with Gasteiger partial charge in [-0.1, -0.05) is 181 Å². The second-order valence-corrected chi connectivity index (χ2v) is 16.8. The van der Waals surface area contributed by atoms with Gasteiger partial charge >= 0.3 is 19.8 Å². The Bertz CT molecular complexity index is 862. The van der Waals surface area contributed by atoms with Gasteiger partial charge in [0.1, 0.15) is 12.7 Å². The van der Waals surface area contributed by atoms with E-state index in [1.807, 2.05) is 6.08 Å². The Labute approximate surface area is 320 Å². The third-order valence-corrected chi connectivity index (χ3v) is 9.15. The number of esters is 2. The zero-order valence-corrected chi connectivity index (χ0v) is 35.5. The van der Waals surface area contributed by atoms with Gasteiger partial charge in [0.15, 0.2) is 0 Å². The normalized spacial score (nSPS) is 12.5. The molecule has 0 aliphatic carbocycles. The molecule has 0 aromatic heterocycles. The Kier molecular flexibility index (Phi) is 38.7. The van der Waals surface area contributed by atoms with Crippen molar-refractivity contribution in [1.82, 2.24) is 0 Å². The van der Waals surface area contributed by atoms with Gasteiger partial charge in [-0.25, -0.2) is 4.57 Å². The molecule has 0 bridgehead atoms. The molecular weight excluding hydrogens is 677 g/mol. The SMILES string of the molecule is CCCCCCCCCCCCCCCCCC(=O)OC(CC=C[N+](C)(C)C)COC(=O)CCCCCCCCCCCCCCC.O=P(O)(O)O. The number of phosphoric acid groups is 1. The minimum Gasteiger partial charge on any atom is -0.462 e. The summed E-state index contributed by atoms with van der Waals surface area (Å²) in [6.45, 7) is 4.69. The van der Waals surface area contributed by atoms with E-state index in [4.69, 9.17) is 28.7 Å². The van der Waals surface area contributed by atoms with Crippen LogP contribution in [0.25, 0.3) is 0 Å². The van der Waals surface area contributed by atoms with Crippen molar-refractivity contribution in [3.8, 4) is 0 Å². The number of nitrogens with zero attached hydrogens (tertiary/aromatic N) is 1. The number of hydrogen-bond donors (Lipinski definition) is 3. The Morgan fingerprint density at radius 2 is 0.827 bits per heavy atom. The van der Waals surface area contributed by atoms with Crippen molar-refractivity contribution in [2.45, 2.75) is 219 Å². The van der Waals surface area contributed by atoms with Gasteiger partial charge in [-0.15, -0.1) is 0 Å². The maximum atomic E-state index is 12.6. The molecule has 52 heavy (non-hydrogen) atoms. The molecule has 0 amide bonds. The van der Waals surface area contributed by atoms with Crippen LogP contribution in [0.3, 0.4) is 0 Å². The first kappa shape index (κ1) is 52.9. The maximum Gasteiger partial charge on any atom is 0.466 e. The summed E-state index contributed by atoms with van der Waals surface area (Å²) in [7, 11) is 1.62. The number of ether oxygens (including phenoxy) is 2. The highest BCUT2D eigenvalue weighted by Gasteiger charge is 2.17. The average molecular weight is 763 g/mol. The topological polar surface area (TPSA) is 130 Å². The molecule has 310 valence electrons. The van der Waals surface area contributed by atoms with Crippen molar-refractivity contribution < 1.29 is 42.8 Å². The molecular formula is C42H85NO8P+. The van der Waals surface area contributed by atoms with Gasteiger partial charge in [0, 0.05) is 19.3 Å². The van der Waals surface area contributed by atoms with Crippen LogP contribution in [-0.4, -0.2) is 65.0 Å². The van der Waals surface area contributed by atoms with Crippen LogP contribution < -0.4 is 0 Å². The van der Waals surface area contributed by atoms with Crippen molar-refractivity contribution in [2.24, 2.45) is 0 Å². The van der Waals surface area contributed by atoms with Crippen molar-refractivity contribution in [2.75, 3.05) is 27.7 Å². The smallest absolute Gasteiger partial charge is 0.462 e. The van der Waals surface area contributed by atoms with Crippen LogP contribution in [0.2, 0.25) is 0 Å². The molecule has 0 saturated heterocycles. The van der Waals surface area contributed by atoms with Crippen LogP contribution in [0.4, 0.5) is 0 Å². The maximum absolute atomic E-state index is 12.6. The third kappa shape index (κ3) is 50.9. The summed E-state index contributed by atoms with van der Waals surface area (Å²) >= 11 is 0. The van der Waals surface area contributed by atoms with E-state index >= 15 is 0 Å². The predicted molar refractivity (Wildman–Crippen MR) is 217 cm³/mol. The summed E-state index contributed by atoms with van der Waals surface area (Å²) in [6, 6.07) is 0. The van der Waals surface area contributed by atoms with Gasteiger partial charge in [0.2, 0.25) is 0 Å². The largest absolute Gasteiger partial charge is 0.466 e. The second-order valence-electron chi connectivity index (χ2n) is 15.7.